The molecule has 0 spiro atoms. The number of carbonyl (C=O) groups is 2. The van der Waals surface area contributed by atoms with Gasteiger partial charge in [-0.2, -0.15) is 0 Å². The summed E-state index contributed by atoms with van der Waals surface area (Å²) < 4.78 is 1.55. The third kappa shape index (κ3) is 5.41. The molecule has 1 aliphatic rings. The predicted octanol–water partition coefficient (Wildman–Crippen LogP) is 5.16. The van der Waals surface area contributed by atoms with E-state index in [1.165, 1.54) is 18.2 Å². The summed E-state index contributed by atoms with van der Waals surface area (Å²) in [5, 5.41) is 3.99. The molecule has 1 aliphatic carbocycles. The number of Topliss-reactive ketones (excluding diaryl/α,β-unsaturated/α-hetero) is 1. The number of carbonyl (C=O) groups excluding carboxylic acids is 2. The van der Waals surface area contributed by atoms with Crippen molar-refractivity contribution >= 4 is 34.4 Å². The first kappa shape index (κ1) is 24.2. The second-order valence-corrected chi connectivity index (χ2v) is 10.8. The van der Waals surface area contributed by atoms with Crippen molar-refractivity contribution in [1.82, 2.24) is 14.9 Å². The molecule has 1 heterocycles. The van der Waals surface area contributed by atoms with Gasteiger partial charge in [-0.25, -0.2) is 4.98 Å². The van der Waals surface area contributed by atoms with Crippen LogP contribution in [0.2, 0.25) is 0 Å². The second kappa shape index (κ2) is 10.1. The van der Waals surface area contributed by atoms with Crippen LogP contribution in [0.15, 0.2) is 58.5 Å². The quantitative estimate of drug-likeness (QED) is 0.392. The minimum absolute atomic E-state index is 0.0760. The molecule has 1 aromatic heterocycles. The van der Waals surface area contributed by atoms with Crippen LogP contribution < -0.4 is 10.9 Å². The number of thioether (sulfide) groups is 1. The molecule has 1 amide bonds. The first-order valence-electron chi connectivity index (χ1n) is 11.8. The van der Waals surface area contributed by atoms with Crippen LogP contribution in [0.3, 0.4) is 0 Å². The lowest BCUT2D eigenvalue weighted by Gasteiger charge is -2.22. The lowest BCUT2D eigenvalue weighted by Crippen LogP contribution is -2.36. The molecule has 1 fully saturated rings. The summed E-state index contributed by atoms with van der Waals surface area (Å²) in [6, 6.07) is 14.5. The van der Waals surface area contributed by atoms with Gasteiger partial charge in [0.15, 0.2) is 5.16 Å². The highest BCUT2D eigenvalue weighted by molar-refractivity contribution is 7.99. The van der Waals surface area contributed by atoms with Crippen LogP contribution in [0.4, 0.5) is 0 Å². The fraction of sp³-hybridized carbons (Fsp3) is 0.407. The van der Waals surface area contributed by atoms with Crippen molar-refractivity contribution in [1.29, 1.82) is 0 Å². The van der Waals surface area contributed by atoms with Crippen LogP contribution >= 0.6 is 11.8 Å². The van der Waals surface area contributed by atoms with Crippen molar-refractivity contribution in [2.24, 2.45) is 5.41 Å². The monoisotopic (exact) mass is 477 g/mol. The van der Waals surface area contributed by atoms with Crippen LogP contribution in [-0.2, 0) is 4.79 Å². The summed E-state index contributed by atoms with van der Waals surface area (Å²) in [5.41, 5.74) is 0.933. The van der Waals surface area contributed by atoms with Crippen molar-refractivity contribution < 1.29 is 9.59 Å². The molecule has 7 heteroatoms. The van der Waals surface area contributed by atoms with E-state index in [4.69, 9.17) is 4.98 Å². The summed E-state index contributed by atoms with van der Waals surface area (Å²) in [5.74, 6) is 0.142. The Morgan fingerprint density at radius 3 is 2.44 bits per heavy atom. The molecule has 0 bridgehead atoms. The standard InChI is InChI=1S/C27H31N3O3S/c1-27(2,3)23(31)17-34-26-29-22-16-18(24(32)28-19-10-6-4-7-11-19)14-15-21(22)25(33)30(26)20-12-8-5-9-13-20/h5,8-9,12-16,19H,4,6-7,10-11,17H2,1-3H3,(H,28,32). The van der Waals surface area contributed by atoms with E-state index in [0.29, 0.717) is 27.3 Å². The number of ketones is 1. The molecule has 0 saturated heterocycles. The number of nitrogens with zero attached hydrogens (tertiary/aromatic N) is 2. The molecule has 0 atom stereocenters. The molecular formula is C27H31N3O3S. The number of hydrogen-bond acceptors (Lipinski definition) is 5. The van der Waals surface area contributed by atoms with Crippen molar-refractivity contribution in [2.45, 2.75) is 64.1 Å². The molecule has 2 aromatic carbocycles. The molecule has 3 aromatic rings. The molecule has 4 rings (SSSR count). The predicted molar refractivity (Wildman–Crippen MR) is 137 cm³/mol. The number of hydrogen-bond donors (Lipinski definition) is 1. The Hall–Kier alpha value is -2.93. The summed E-state index contributed by atoms with van der Waals surface area (Å²) >= 11 is 1.25. The van der Waals surface area contributed by atoms with E-state index in [1.54, 1.807) is 22.8 Å². The van der Waals surface area contributed by atoms with Gasteiger partial charge in [0, 0.05) is 17.0 Å². The topological polar surface area (TPSA) is 81.1 Å². The molecule has 6 nitrogen and oxygen atoms in total. The van der Waals surface area contributed by atoms with Crippen molar-refractivity contribution in [3.05, 3.63) is 64.4 Å². The SMILES string of the molecule is CC(C)(C)C(=O)CSc1nc2cc(C(=O)NC3CCCCC3)ccc2c(=O)n1-c1ccccc1. The van der Waals surface area contributed by atoms with Crippen LogP contribution in [0.5, 0.6) is 0 Å². The van der Waals surface area contributed by atoms with Crippen LogP contribution in [0.1, 0.15) is 63.2 Å². The molecular weight excluding hydrogens is 446 g/mol. The molecule has 0 aliphatic heterocycles. The average Bonchev–Trinajstić information content (AvgIpc) is 2.82. The van der Waals surface area contributed by atoms with E-state index >= 15 is 0 Å². The molecule has 1 N–H and O–H groups in total. The number of amides is 1. The maximum Gasteiger partial charge on any atom is 0.266 e. The highest BCUT2D eigenvalue weighted by atomic mass is 32.2. The fourth-order valence-corrected chi connectivity index (χ4v) is 5.24. The summed E-state index contributed by atoms with van der Waals surface area (Å²) in [7, 11) is 0. The van der Waals surface area contributed by atoms with Crippen molar-refractivity contribution in [3.8, 4) is 5.69 Å². The first-order valence-corrected chi connectivity index (χ1v) is 12.8. The summed E-state index contributed by atoms with van der Waals surface area (Å²) in [6.07, 6.45) is 5.50. The van der Waals surface area contributed by atoms with E-state index in [1.807, 2.05) is 51.1 Å². The maximum absolute atomic E-state index is 13.5. The highest BCUT2D eigenvalue weighted by Gasteiger charge is 2.23. The minimum Gasteiger partial charge on any atom is -0.349 e. The second-order valence-electron chi connectivity index (χ2n) is 9.87. The van der Waals surface area contributed by atoms with Crippen molar-refractivity contribution in [3.63, 3.8) is 0 Å². The molecule has 178 valence electrons. The van der Waals surface area contributed by atoms with Gasteiger partial charge in [0.2, 0.25) is 0 Å². The largest absolute Gasteiger partial charge is 0.349 e. The van der Waals surface area contributed by atoms with Crippen LogP contribution in [0.25, 0.3) is 16.6 Å². The van der Waals surface area contributed by atoms with E-state index in [-0.39, 0.29) is 29.0 Å². The number of aromatic nitrogens is 2. The Kier molecular flexibility index (Phi) is 7.22. The Bertz CT molecular complexity index is 1260. The normalized spacial score (nSPS) is 14.8. The van der Waals surface area contributed by atoms with E-state index < -0.39 is 5.41 Å². The van der Waals surface area contributed by atoms with E-state index in [0.717, 1.165) is 25.7 Å². The van der Waals surface area contributed by atoms with Gasteiger partial charge in [0.25, 0.3) is 11.5 Å². The lowest BCUT2D eigenvalue weighted by atomic mass is 9.92. The van der Waals surface area contributed by atoms with Gasteiger partial charge < -0.3 is 5.32 Å². The molecule has 34 heavy (non-hydrogen) atoms. The van der Waals surface area contributed by atoms with Gasteiger partial charge >= 0.3 is 0 Å². The Balaban J connectivity index is 1.72. The van der Waals surface area contributed by atoms with E-state index in [9.17, 15) is 14.4 Å². The average molecular weight is 478 g/mol. The fourth-order valence-electron chi connectivity index (χ4n) is 4.07. The number of benzene rings is 2. The Labute approximate surface area is 204 Å². The number of para-hydroxylation sites is 1. The Morgan fingerprint density at radius 2 is 1.76 bits per heavy atom. The minimum atomic E-state index is -0.480. The third-order valence-electron chi connectivity index (χ3n) is 6.22. The zero-order valence-corrected chi connectivity index (χ0v) is 20.8. The van der Waals surface area contributed by atoms with Crippen LogP contribution in [-0.4, -0.2) is 33.0 Å². The highest BCUT2D eigenvalue weighted by Crippen LogP contribution is 2.25. The first-order chi connectivity index (χ1) is 16.2. The van der Waals surface area contributed by atoms with E-state index in [2.05, 4.69) is 5.32 Å². The molecule has 0 unspecified atom stereocenters. The zero-order chi connectivity index (χ0) is 24.3. The van der Waals surface area contributed by atoms with Crippen molar-refractivity contribution in [2.75, 3.05) is 5.75 Å². The summed E-state index contributed by atoms with van der Waals surface area (Å²) in [6.45, 7) is 5.64. The zero-order valence-electron chi connectivity index (χ0n) is 20.0. The Morgan fingerprint density at radius 1 is 1.06 bits per heavy atom. The van der Waals surface area contributed by atoms with Crippen LogP contribution in [0, 0.1) is 5.41 Å². The number of fused-ring (bicyclic) bond motifs is 1. The summed E-state index contributed by atoms with van der Waals surface area (Å²) in [4.78, 5) is 43.7. The molecule has 1 saturated carbocycles. The molecule has 0 radical (unpaired) electrons. The van der Waals surface area contributed by atoms with Gasteiger partial charge in [-0.15, -0.1) is 0 Å². The number of nitrogens with one attached hydrogen (secondary N) is 1. The van der Waals surface area contributed by atoms with Gasteiger partial charge in [0.1, 0.15) is 5.78 Å². The van der Waals surface area contributed by atoms with Gasteiger partial charge in [-0.3, -0.25) is 19.0 Å². The number of rotatable bonds is 6. The van der Waals surface area contributed by atoms with Gasteiger partial charge in [0.05, 0.1) is 22.3 Å². The smallest absolute Gasteiger partial charge is 0.266 e. The lowest BCUT2D eigenvalue weighted by molar-refractivity contribution is -0.123. The van der Waals surface area contributed by atoms with Gasteiger partial charge in [-0.05, 0) is 43.2 Å². The maximum atomic E-state index is 13.5. The third-order valence-corrected chi connectivity index (χ3v) is 7.16. The van der Waals surface area contributed by atoms with Gasteiger partial charge in [-0.1, -0.05) is 70.0 Å².